The Labute approximate surface area is 124 Å². The van der Waals surface area contributed by atoms with E-state index in [4.69, 9.17) is 0 Å². The van der Waals surface area contributed by atoms with Gasteiger partial charge in [-0.3, -0.25) is 9.59 Å². The summed E-state index contributed by atoms with van der Waals surface area (Å²) in [4.78, 5) is 23.5. The molecule has 116 valence electrons. The molecule has 0 aliphatic rings. The molecule has 0 aromatic heterocycles. The summed E-state index contributed by atoms with van der Waals surface area (Å²) in [5.41, 5.74) is -0.588. The molecular formula is C16H22FNO3. The molecule has 0 aliphatic heterocycles. The minimum absolute atomic E-state index is 0.0126. The highest BCUT2D eigenvalue weighted by molar-refractivity contribution is 5.97. The molecule has 0 bridgehead atoms. The number of carbonyl (C=O) groups excluding carboxylic acids is 2. The monoisotopic (exact) mass is 295 g/mol. The first-order valence-electron chi connectivity index (χ1n) is 7.00. The molecule has 1 aromatic carbocycles. The molecule has 0 spiro atoms. The second kappa shape index (κ2) is 7.31. The van der Waals surface area contributed by atoms with Gasteiger partial charge in [-0.1, -0.05) is 13.8 Å². The summed E-state index contributed by atoms with van der Waals surface area (Å²) in [6.07, 6.45) is 0.103. The minimum Gasteiger partial charge on any atom is -0.388 e. The molecule has 1 atom stereocenters. The van der Waals surface area contributed by atoms with Crippen LogP contribution >= 0.6 is 0 Å². The van der Waals surface area contributed by atoms with Crippen LogP contribution in [0, 0.1) is 11.7 Å². The molecule has 0 fully saturated rings. The second-order valence-electron chi connectivity index (χ2n) is 5.72. The lowest BCUT2D eigenvalue weighted by Crippen LogP contribution is -2.44. The van der Waals surface area contributed by atoms with Gasteiger partial charge in [0, 0.05) is 24.9 Å². The Bertz CT molecular complexity index is 495. The highest BCUT2D eigenvalue weighted by Crippen LogP contribution is 2.14. The molecule has 2 N–H and O–H groups in total. The van der Waals surface area contributed by atoms with Crippen LogP contribution < -0.4 is 5.32 Å². The standard InChI is InChI=1S/C16H22FNO3/c1-11(2)16(3,21)10-18-15(20)9-8-14(19)12-4-6-13(17)7-5-12/h4-7,11,21H,8-10H2,1-3H3,(H,18,20). The van der Waals surface area contributed by atoms with Gasteiger partial charge in [-0.25, -0.2) is 4.39 Å². The lowest BCUT2D eigenvalue weighted by molar-refractivity contribution is -0.122. The van der Waals surface area contributed by atoms with E-state index in [1.807, 2.05) is 13.8 Å². The van der Waals surface area contributed by atoms with Crippen molar-refractivity contribution in [3.05, 3.63) is 35.6 Å². The number of ketones is 1. The third kappa shape index (κ3) is 5.63. The van der Waals surface area contributed by atoms with Crippen molar-refractivity contribution >= 4 is 11.7 Å². The van der Waals surface area contributed by atoms with Gasteiger partial charge in [0.05, 0.1) is 5.60 Å². The van der Waals surface area contributed by atoms with Crippen molar-refractivity contribution in [1.82, 2.24) is 5.32 Å². The minimum atomic E-state index is -0.976. The van der Waals surface area contributed by atoms with Crippen LogP contribution in [0.15, 0.2) is 24.3 Å². The number of hydrogen-bond acceptors (Lipinski definition) is 3. The lowest BCUT2D eigenvalue weighted by atomic mass is 9.92. The van der Waals surface area contributed by atoms with Crippen LogP contribution in [0.4, 0.5) is 4.39 Å². The van der Waals surface area contributed by atoms with E-state index in [0.29, 0.717) is 5.56 Å². The lowest BCUT2D eigenvalue weighted by Gasteiger charge is -2.27. The summed E-state index contributed by atoms with van der Waals surface area (Å²) in [7, 11) is 0. The molecule has 0 saturated heterocycles. The Hall–Kier alpha value is -1.75. The van der Waals surface area contributed by atoms with Gasteiger partial charge in [-0.15, -0.1) is 0 Å². The Morgan fingerprint density at radius 2 is 1.81 bits per heavy atom. The second-order valence-corrected chi connectivity index (χ2v) is 5.72. The first kappa shape index (κ1) is 17.3. The van der Waals surface area contributed by atoms with Gasteiger partial charge in [0.15, 0.2) is 5.78 Å². The normalized spacial score (nSPS) is 13.8. The van der Waals surface area contributed by atoms with E-state index in [1.54, 1.807) is 6.92 Å². The maximum absolute atomic E-state index is 12.7. The van der Waals surface area contributed by atoms with E-state index in [0.717, 1.165) is 0 Å². The van der Waals surface area contributed by atoms with Crippen molar-refractivity contribution in [2.45, 2.75) is 39.2 Å². The summed E-state index contributed by atoms with van der Waals surface area (Å²) < 4.78 is 12.7. The highest BCUT2D eigenvalue weighted by atomic mass is 19.1. The number of rotatable bonds is 7. The largest absolute Gasteiger partial charge is 0.388 e. The van der Waals surface area contributed by atoms with E-state index in [1.165, 1.54) is 24.3 Å². The van der Waals surface area contributed by atoms with Gasteiger partial charge in [-0.05, 0) is 37.1 Å². The van der Waals surface area contributed by atoms with Crippen LogP contribution in [-0.2, 0) is 4.79 Å². The van der Waals surface area contributed by atoms with Crippen molar-refractivity contribution in [2.75, 3.05) is 6.54 Å². The zero-order chi connectivity index (χ0) is 16.0. The summed E-state index contributed by atoms with van der Waals surface area (Å²) in [5.74, 6) is -0.883. The third-order valence-corrected chi connectivity index (χ3v) is 3.63. The summed E-state index contributed by atoms with van der Waals surface area (Å²) in [6, 6.07) is 5.23. The molecule has 0 heterocycles. The average Bonchev–Trinajstić information content (AvgIpc) is 2.43. The van der Waals surface area contributed by atoms with E-state index >= 15 is 0 Å². The van der Waals surface area contributed by atoms with Crippen LogP contribution in [0.25, 0.3) is 0 Å². The average molecular weight is 295 g/mol. The first-order valence-corrected chi connectivity index (χ1v) is 7.00. The Morgan fingerprint density at radius 1 is 1.24 bits per heavy atom. The molecule has 1 rings (SSSR count). The van der Waals surface area contributed by atoms with Crippen LogP contribution in [0.3, 0.4) is 0 Å². The number of benzene rings is 1. The number of aliphatic hydroxyl groups is 1. The van der Waals surface area contributed by atoms with Crippen LogP contribution in [-0.4, -0.2) is 28.9 Å². The van der Waals surface area contributed by atoms with Crippen LogP contribution in [0.5, 0.6) is 0 Å². The third-order valence-electron chi connectivity index (χ3n) is 3.63. The van der Waals surface area contributed by atoms with Crippen molar-refractivity contribution in [3.8, 4) is 0 Å². The van der Waals surface area contributed by atoms with Gasteiger partial charge in [0.25, 0.3) is 0 Å². The molecule has 21 heavy (non-hydrogen) atoms. The summed E-state index contributed by atoms with van der Waals surface area (Å²) in [5, 5.41) is 12.6. The number of carbonyl (C=O) groups is 2. The van der Waals surface area contributed by atoms with Crippen molar-refractivity contribution in [2.24, 2.45) is 5.92 Å². The molecular weight excluding hydrogens is 273 g/mol. The van der Waals surface area contributed by atoms with Gasteiger partial charge in [0.1, 0.15) is 5.82 Å². The quantitative estimate of drug-likeness (QED) is 0.759. The molecule has 0 radical (unpaired) electrons. The van der Waals surface area contributed by atoms with Gasteiger partial charge < -0.3 is 10.4 Å². The zero-order valence-electron chi connectivity index (χ0n) is 12.6. The maximum Gasteiger partial charge on any atom is 0.220 e. The van der Waals surface area contributed by atoms with Gasteiger partial charge in [0.2, 0.25) is 5.91 Å². The number of Topliss-reactive ketones (excluding diaryl/α,β-unsaturated/α-hetero) is 1. The molecule has 1 aromatic rings. The molecule has 5 heteroatoms. The number of halogens is 1. The van der Waals surface area contributed by atoms with Gasteiger partial charge >= 0.3 is 0 Å². The van der Waals surface area contributed by atoms with Crippen molar-refractivity contribution < 1.29 is 19.1 Å². The van der Waals surface area contributed by atoms with E-state index in [2.05, 4.69) is 5.32 Å². The summed E-state index contributed by atoms with van der Waals surface area (Å²) in [6.45, 7) is 5.53. The molecule has 1 amide bonds. The topological polar surface area (TPSA) is 66.4 Å². The Morgan fingerprint density at radius 3 is 2.33 bits per heavy atom. The Balaban J connectivity index is 2.39. The van der Waals surface area contributed by atoms with E-state index in [-0.39, 0.29) is 37.0 Å². The smallest absolute Gasteiger partial charge is 0.220 e. The molecule has 4 nitrogen and oxygen atoms in total. The van der Waals surface area contributed by atoms with Crippen molar-refractivity contribution in [1.29, 1.82) is 0 Å². The highest BCUT2D eigenvalue weighted by Gasteiger charge is 2.25. The van der Waals surface area contributed by atoms with Crippen LogP contribution in [0.2, 0.25) is 0 Å². The van der Waals surface area contributed by atoms with Crippen LogP contribution in [0.1, 0.15) is 44.0 Å². The van der Waals surface area contributed by atoms with E-state index in [9.17, 15) is 19.1 Å². The van der Waals surface area contributed by atoms with E-state index < -0.39 is 11.4 Å². The first-order chi connectivity index (χ1) is 9.72. The Kier molecular flexibility index (Phi) is 6.03. The number of hydrogen-bond donors (Lipinski definition) is 2. The number of amides is 1. The maximum atomic E-state index is 12.7. The molecule has 1 unspecified atom stereocenters. The van der Waals surface area contributed by atoms with Crippen molar-refractivity contribution in [3.63, 3.8) is 0 Å². The predicted octanol–water partition coefficient (Wildman–Crippen LogP) is 2.31. The zero-order valence-corrected chi connectivity index (χ0v) is 12.6. The fraction of sp³-hybridized carbons (Fsp3) is 0.500. The van der Waals surface area contributed by atoms with Gasteiger partial charge in [-0.2, -0.15) is 0 Å². The number of nitrogens with one attached hydrogen (secondary N) is 1. The molecule has 0 saturated carbocycles. The predicted molar refractivity (Wildman–Crippen MR) is 78.4 cm³/mol. The summed E-state index contributed by atoms with van der Waals surface area (Å²) >= 11 is 0. The fourth-order valence-electron chi connectivity index (χ4n) is 1.58. The SMILES string of the molecule is CC(C)C(C)(O)CNC(=O)CCC(=O)c1ccc(F)cc1. The molecule has 0 aliphatic carbocycles. The fourth-order valence-corrected chi connectivity index (χ4v) is 1.58.